The predicted octanol–water partition coefficient (Wildman–Crippen LogP) is 32.9. The number of aryl methyl sites for hydroxylation is 8. The molecule has 4 radical (unpaired) electrons. The molecule has 0 saturated heterocycles. The van der Waals surface area contributed by atoms with Crippen LogP contribution in [0.3, 0.4) is 0 Å². The van der Waals surface area contributed by atoms with E-state index < -0.39 is 40.5 Å². The molecule has 0 atom stereocenters. The number of unbranched alkanes of at least 4 members (excludes halogenated alkanes) is 48. The molecule has 0 unspecified atom stereocenters. The minimum atomic E-state index is -4.49. The Morgan fingerprint density at radius 3 is 0.403 bits per heavy atom. The Labute approximate surface area is 807 Å². The molecule has 129 heavy (non-hydrogen) atoms. The van der Waals surface area contributed by atoms with Gasteiger partial charge in [0.15, 0.2) is 0 Å². The first-order chi connectivity index (χ1) is 61.9. The van der Waals surface area contributed by atoms with E-state index in [1.807, 2.05) is 72.8 Å². The summed E-state index contributed by atoms with van der Waals surface area (Å²) in [5.41, 5.74) is 9.55. The van der Waals surface area contributed by atoms with E-state index in [0.717, 1.165) is 124 Å². The summed E-state index contributed by atoms with van der Waals surface area (Å²) >= 11 is 0. The smallest absolute Gasteiger partial charge is 0.125 e. The van der Waals surface area contributed by atoms with Gasteiger partial charge in [0.05, 0.1) is 19.6 Å². The predicted molar refractivity (Wildman–Crippen MR) is 547 cm³/mol. The van der Waals surface area contributed by atoms with Crippen LogP contribution in [-0.2, 0) is 91.8 Å². The van der Waals surface area contributed by atoms with Gasteiger partial charge in [0.1, 0.15) is 40.5 Å². The molecule has 0 heterocycles. The number of rotatable bonds is 68. The largest absolute Gasteiger partial charge is 0.744 e. The van der Waals surface area contributed by atoms with Crippen LogP contribution in [0, 0.1) is 0 Å². The van der Waals surface area contributed by atoms with Crippen LogP contribution < -0.4 is 0 Å². The third-order valence-electron chi connectivity index (χ3n) is 26.2. The standard InChI is InChI=1S/4C28H44O3S.Pb/c4*1-3-5-7-9-11-13-15-18-24-20-17-21-26-27(32(29,30)31)23-22-25(28(24)26)19-16-14-12-10-8-6-4-2;/h4*17,20-23H,3-16,18-19H2,1-2H3,(H,29,30,31);/p-4. The first-order valence-corrected chi connectivity index (χ1v) is 57.6. The number of hydrogen-bond acceptors (Lipinski definition) is 12. The first-order valence-electron chi connectivity index (χ1n) is 51.9. The van der Waals surface area contributed by atoms with Crippen LogP contribution in [-0.4, -0.2) is 79.2 Å². The summed E-state index contributed by atoms with van der Waals surface area (Å²) in [5, 5.41) is 6.51. The second-order valence-corrected chi connectivity index (χ2v) is 42.4. The zero-order chi connectivity index (χ0) is 92.9. The SMILES string of the molecule is CCCCCCCCCc1cccc2c(S(=O)(=O)[O-])ccc(CCCCCCCCC)c12.CCCCCCCCCc1cccc2c(S(=O)(=O)[O-])ccc(CCCCCCCCC)c12.CCCCCCCCCc1cccc2c(S(=O)(=O)[O-])ccc(CCCCCCCCC)c12.CCCCCCCCCc1cccc2c(S(=O)(=O)[O-])ccc(CCCCCCCCC)c12.[Pb]. The Balaban J connectivity index is 0.000000359. The average Bonchev–Trinajstić information content (AvgIpc) is 0.787. The number of hydrogen-bond donors (Lipinski definition) is 0. The molecule has 0 amide bonds. The Kier molecular flexibility index (Phi) is 62.6. The van der Waals surface area contributed by atoms with Crippen LogP contribution in [0.1, 0.15) is 459 Å². The second-order valence-electron chi connectivity index (χ2n) is 37.0. The number of benzene rings is 8. The maximum atomic E-state index is 11.9. The van der Waals surface area contributed by atoms with Crippen molar-refractivity contribution in [3.8, 4) is 0 Å². The molecule has 8 rings (SSSR count). The Hall–Kier alpha value is -4.64. The topological polar surface area (TPSA) is 229 Å². The average molecular weight is 2050 g/mol. The molecule has 0 aliphatic heterocycles. The molecule has 0 aliphatic rings. The van der Waals surface area contributed by atoms with Gasteiger partial charge in [0, 0.05) is 27.3 Å². The summed E-state index contributed by atoms with van der Waals surface area (Å²) in [5.74, 6) is 0. The fourth-order valence-electron chi connectivity index (χ4n) is 18.9. The summed E-state index contributed by atoms with van der Waals surface area (Å²) in [7, 11) is -18.0. The summed E-state index contributed by atoms with van der Waals surface area (Å²) in [6, 6.07) is 37.0. The van der Waals surface area contributed by atoms with Gasteiger partial charge < -0.3 is 18.2 Å². The van der Waals surface area contributed by atoms with E-state index in [1.165, 1.54) is 377 Å². The third kappa shape index (κ3) is 45.7. The molecule has 8 aromatic carbocycles. The number of fused-ring (bicyclic) bond motifs is 4. The fraction of sp³-hybridized carbons (Fsp3) is 0.643. The third-order valence-corrected chi connectivity index (χ3v) is 29.7. The van der Waals surface area contributed by atoms with Crippen molar-refractivity contribution in [2.45, 2.75) is 486 Å². The molecule has 0 bridgehead atoms. The molecule has 0 aromatic heterocycles. The molecule has 0 N–H and O–H groups in total. The summed E-state index contributed by atoms with van der Waals surface area (Å²) in [4.78, 5) is -0.288. The van der Waals surface area contributed by atoms with E-state index in [0.29, 0.717) is 21.5 Å². The van der Waals surface area contributed by atoms with Crippen molar-refractivity contribution in [1.29, 1.82) is 0 Å². The summed E-state index contributed by atoms with van der Waals surface area (Å²) in [6.45, 7) is 17.9. The quantitative estimate of drug-likeness (QED) is 0.0197. The Morgan fingerprint density at radius 1 is 0.163 bits per heavy atom. The molecule has 0 spiro atoms. The van der Waals surface area contributed by atoms with E-state index >= 15 is 0 Å². The van der Waals surface area contributed by atoms with Crippen LogP contribution in [0.25, 0.3) is 43.1 Å². The van der Waals surface area contributed by atoms with Crippen LogP contribution in [0.15, 0.2) is 141 Å². The van der Waals surface area contributed by atoms with Crippen molar-refractivity contribution in [3.05, 3.63) is 166 Å². The Bertz CT molecular complexity index is 4130. The van der Waals surface area contributed by atoms with Crippen molar-refractivity contribution in [1.82, 2.24) is 0 Å². The van der Waals surface area contributed by atoms with Crippen molar-refractivity contribution in [2.75, 3.05) is 0 Å². The second kappa shape index (κ2) is 69.2. The van der Waals surface area contributed by atoms with Gasteiger partial charge in [-0.2, -0.15) is 0 Å². The van der Waals surface area contributed by atoms with Gasteiger partial charge in [-0.3, -0.25) is 0 Å². The van der Waals surface area contributed by atoms with Crippen molar-refractivity contribution >= 4 is 111 Å². The molecule has 0 fully saturated rings. The van der Waals surface area contributed by atoms with Gasteiger partial charge in [-0.05, 0) is 215 Å². The molecule has 0 saturated carbocycles. The molecule has 0 aliphatic carbocycles. The van der Waals surface area contributed by atoms with Crippen LogP contribution >= 0.6 is 0 Å². The van der Waals surface area contributed by atoms with Crippen LogP contribution in [0.2, 0.25) is 0 Å². The first kappa shape index (κ1) is 117. The molecule has 12 nitrogen and oxygen atoms in total. The zero-order valence-corrected chi connectivity index (χ0v) is 89.0. The molecule has 17 heteroatoms. The molecular formula is C112H172O12PbS4-4. The molecule has 724 valence electrons. The van der Waals surface area contributed by atoms with Gasteiger partial charge >= 0.3 is 0 Å². The maximum Gasteiger partial charge on any atom is 0.125 e. The Morgan fingerprint density at radius 2 is 0.279 bits per heavy atom. The zero-order valence-electron chi connectivity index (χ0n) is 81.8. The van der Waals surface area contributed by atoms with E-state index in [1.54, 1.807) is 0 Å². The summed E-state index contributed by atoms with van der Waals surface area (Å²) in [6.07, 6.45) is 77.7. The van der Waals surface area contributed by atoms with E-state index in [2.05, 4.69) is 79.7 Å². The molecule has 8 aromatic rings. The minimum absolute atomic E-state index is 0. The van der Waals surface area contributed by atoms with Crippen LogP contribution in [0.5, 0.6) is 0 Å². The van der Waals surface area contributed by atoms with E-state index in [4.69, 9.17) is 0 Å². The van der Waals surface area contributed by atoms with Gasteiger partial charge in [0.2, 0.25) is 0 Å². The van der Waals surface area contributed by atoms with Crippen LogP contribution in [0.4, 0.5) is 0 Å². The van der Waals surface area contributed by atoms with E-state index in [9.17, 15) is 51.9 Å². The van der Waals surface area contributed by atoms with Crippen molar-refractivity contribution < 1.29 is 51.9 Å². The maximum absolute atomic E-state index is 11.9. The van der Waals surface area contributed by atoms with Gasteiger partial charge in [-0.15, -0.1) is 0 Å². The fourth-order valence-corrected chi connectivity index (χ4v) is 21.6. The monoisotopic (exact) mass is 2050 g/mol. The summed E-state index contributed by atoms with van der Waals surface area (Å²) < 4.78 is 143. The normalized spacial score (nSPS) is 11.9. The minimum Gasteiger partial charge on any atom is -0.744 e. The van der Waals surface area contributed by atoms with E-state index in [-0.39, 0.29) is 46.9 Å². The molecular weight excluding hydrogens is 1870 g/mol. The van der Waals surface area contributed by atoms with Crippen molar-refractivity contribution in [3.63, 3.8) is 0 Å². The van der Waals surface area contributed by atoms with Gasteiger partial charge in [-0.25, -0.2) is 33.7 Å². The van der Waals surface area contributed by atoms with Gasteiger partial charge in [-0.1, -0.05) is 461 Å². The van der Waals surface area contributed by atoms with Crippen molar-refractivity contribution in [2.24, 2.45) is 0 Å². The van der Waals surface area contributed by atoms with Gasteiger partial charge in [0.25, 0.3) is 0 Å².